The van der Waals surface area contributed by atoms with Crippen LogP contribution in [-0.2, 0) is 5.41 Å². The molecule has 0 aliphatic rings. The first-order valence-electron chi connectivity index (χ1n) is 6.08. The van der Waals surface area contributed by atoms with Crippen LogP contribution in [0.5, 0.6) is 11.5 Å². The largest absolute Gasteiger partial charge is 0.542 e. The average Bonchev–Trinajstić information content (AvgIpc) is 2.24. The molecule has 4 heteroatoms. The lowest BCUT2D eigenvalue weighted by Crippen LogP contribution is -2.24. The molecule has 1 radical (unpaired) electrons. The van der Waals surface area contributed by atoms with E-state index in [0.717, 1.165) is 22.2 Å². The van der Waals surface area contributed by atoms with Gasteiger partial charge in [0.2, 0.25) is 0 Å². The van der Waals surface area contributed by atoms with Crippen LogP contribution in [-0.4, -0.2) is 19.5 Å². The molecular formula is C14H22BrO2Si. The van der Waals surface area contributed by atoms with Crippen LogP contribution in [0.25, 0.3) is 0 Å². The van der Waals surface area contributed by atoms with Gasteiger partial charge >= 0.3 is 0 Å². The number of rotatable bonds is 4. The number of halogens is 1. The maximum Gasteiger partial charge on any atom is 0.274 e. The van der Waals surface area contributed by atoms with E-state index in [9.17, 15) is 5.11 Å². The van der Waals surface area contributed by atoms with E-state index in [1.165, 1.54) is 5.56 Å². The summed E-state index contributed by atoms with van der Waals surface area (Å²) in [4.78, 5) is 0. The average molecular weight is 330 g/mol. The summed E-state index contributed by atoms with van der Waals surface area (Å²) in [6.07, 6.45) is 0. The Kier molecular flexibility index (Phi) is 4.89. The molecule has 0 aromatic heterocycles. The summed E-state index contributed by atoms with van der Waals surface area (Å²) in [6, 6.07) is 1.83. The van der Waals surface area contributed by atoms with Crippen molar-refractivity contribution < 1.29 is 9.53 Å². The van der Waals surface area contributed by atoms with E-state index in [0.29, 0.717) is 5.75 Å². The molecule has 1 N–H and O–H groups in total. The number of aromatic hydroxyl groups is 1. The minimum Gasteiger partial charge on any atom is -0.542 e. The van der Waals surface area contributed by atoms with Crippen molar-refractivity contribution in [2.75, 3.05) is 5.33 Å². The molecule has 0 bridgehead atoms. The van der Waals surface area contributed by atoms with Gasteiger partial charge < -0.3 is 9.53 Å². The highest BCUT2D eigenvalue weighted by molar-refractivity contribution is 9.09. The third-order valence-corrected chi connectivity index (χ3v) is 5.03. The lowest BCUT2D eigenvalue weighted by molar-refractivity contribution is 0.457. The maximum atomic E-state index is 9.98. The molecule has 2 nitrogen and oxygen atoms in total. The molecule has 0 spiro atoms. The summed E-state index contributed by atoms with van der Waals surface area (Å²) in [5, 5.41) is 10.8. The van der Waals surface area contributed by atoms with E-state index in [1.807, 2.05) is 19.9 Å². The minimum absolute atomic E-state index is 0.0187. The summed E-state index contributed by atoms with van der Waals surface area (Å²) in [6.45, 7) is 12.5. The van der Waals surface area contributed by atoms with Crippen LogP contribution in [0.4, 0.5) is 0 Å². The quantitative estimate of drug-likeness (QED) is 0.658. The first kappa shape index (κ1) is 15.6. The van der Waals surface area contributed by atoms with Gasteiger partial charge in [-0.2, -0.15) is 0 Å². The van der Waals surface area contributed by atoms with Gasteiger partial charge in [-0.3, -0.25) is 0 Å². The summed E-state index contributed by atoms with van der Waals surface area (Å²) in [7, 11) is -0.858. The van der Waals surface area contributed by atoms with Crippen molar-refractivity contribution in [3.63, 3.8) is 0 Å². The van der Waals surface area contributed by atoms with Crippen molar-refractivity contribution in [1.82, 2.24) is 0 Å². The first-order valence-corrected chi connectivity index (χ1v) is 9.61. The van der Waals surface area contributed by atoms with Gasteiger partial charge in [0.05, 0.1) is 0 Å². The fourth-order valence-corrected chi connectivity index (χ4v) is 3.05. The fraction of sp³-hybridized carbons (Fsp3) is 0.571. The van der Waals surface area contributed by atoms with E-state index >= 15 is 0 Å². The third kappa shape index (κ3) is 3.09. The Balaban J connectivity index is 3.52. The summed E-state index contributed by atoms with van der Waals surface area (Å²) >= 11 is 3.58. The SMILES string of the molecule is Cc1cc(O)c(C)c(O[Si](C)C)c1C(C)(C)CBr. The third-order valence-electron chi connectivity index (χ3n) is 3.02. The molecule has 101 valence electrons. The molecule has 1 aromatic carbocycles. The summed E-state index contributed by atoms with van der Waals surface area (Å²) in [5.41, 5.74) is 3.10. The maximum absolute atomic E-state index is 9.98. The number of phenols is 1. The van der Waals surface area contributed by atoms with Crippen LogP contribution in [0.2, 0.25) is 13.1 Å². The van der Waals surface area contributed by atoms with Crippen molar-refractivity contribution in [3.05, 3.63) is 22.8 Å². The number of hydrogen-bond acceptors (Lipinski definition) is 2. The lowest BCUT2D eigenvalue weighted by atomic mass is 9.82. The van der Waals surface area contributed by atoms with E-state index in [2.05, 4.69) is 42.9 Å². The number of hydrogen-bond donors (Lipinski definition) is 1. The molecule has 0 atom stereocenters. The zero-order chi connectivity index (χ0) is 14.1. The molecule has 1 rings (SSSR count). The highest BCUT2D eigenvalue weighted by atomic mass is 79.9. The molecule has 0 aliphatic heterocycles. The predicted molar refractivity (Wildman–Crippen MR) is 82.5 cm³/mol. The van der Waals surface area contributed by atoms with Crippen molar-refractivity contribution in [3.8, 4) is 11.5 Å². The van der Waals surface area contributed by atoms with Gasteiger partial charge in [-0.05, 0) is 38.6 Å². The van der Waals surface area contributed by atoms with E-state index in [4.69, 9.17) is 4.43 Å². The Hall–Kier alpha value is -0.483. The number of benzene rings is 1. The highest BCUT2D eigenvalue weighted by Gasteiger charge is 2.28. The molecule has 1 aromatic rings. The highest BCUT2D eigenvalue weighted by Crippen LogP contribution is 2.41. The zero-order valence-corrected chi connectivity index (χ0v) is 14.6. The van der Waals surface area contributed by atoms with Crippen molar-refractivity contribution in [1.29, 1.82) is 0 Å². The van der Waals surface area contributed by atoms with Gasteiger partial charge in [-0.25, -0.2) is 0 Å². The Labute approximate surface area is 120 Å². The van der Waals surface area contributed by atoms with E-state index in [-0.39, 0.29) is 5.41 Å². The molecule has 0 amide bonds. The van der Waals surface area contributed by atoms with Gasteiger partial charge in [0.1, 0.15) is 11.5 Å². The smallest absolute Gasteiger partial charge is 0.274 e. The first-order chi connectivity index (χ1) is 8.20. The molecular weight excluding hydrogens is 308 g/mol. The Morgan fingerprint density at radius 1 is 1.33 bits per heavy atom. The molecule has 0 saturated carbocycles. The molecule has 18 heavy (non-hydrogen) atoms. The second kappa shape index (κ2) is 5.66. The fourth-order valence-electron chi connectivity index (χ4n) is 2.11. The second-order valence-corrected chi connectivity index (χ2v) is 8.15. The van der Waals surface area contributed by atoms with Crippen molar-refractivity contribution in [2.45, 2.75) is 46.2 Å². The normalized spacial score (nSPS) is 12.0. The second-order valence-electron chi connectivity index (χ2n) is 5.57. The number of phenolic OH excluding ortho intramolecular Hbond substituents is 1. The van der Waals surface area contributed by atoms with Gasteiger partial charge in [0.25, 0.3) is 9.04 Å². The van der Waals surface area contributed by atoms with Crippen LogP contribution in [0.15, 0.2) is 6.07 Å². The van der Waals surface area contributed by atoms with E-state index in [1.54, 1.807) is 0 Å². The van der Waals surface area contributed by atoms with Gasteiger partial charge in [0.15, 0.2) is 0 Å². The Morgan fingerprint density at radius 3 is 2.33 bits per heavy atom. The minimum atomic E-state index is -0.858. The van der Waals surface area contributed by atoms with Crippen molar-refractivity contribution >= 4 is 25.0 Å². The van der Waals surface area contributed by atoms with Crippen LogP contribution in [0, 0.1) is 13.8 Å². The lowest BCUT2D eigenvalue weighted by Gasteiger charge is -2.29. The topological polar surface area (TPSA) is 29.5 Å². The number of aryl methyl sites for hydroxylation is 1. The molecule has 0 aliphatic carbocycles. The Morgan fingerprint density at radius 2 is 1.89 bits per heavy atom. The summed E-state index contributed by atoms with van der Waals surface area (Å²) < 4.78 is 6.05. The van der Waals surface area contributed by atoms with Crippen LogP contribution >= 0.6 is 15.9 Å². The van der Waals surface area contributed by atoms with E-state index < -0.39 is 9.04 Å². The molecule has 0 heterocycles. The van der Waals surface area contributed by atoms with Crippen LogP contribution in [0.3, 0.4) is 0 Å². The van der Waals surface area contributed by atoms with Crippen LogP contribution < -0.4 is 4.43 Å². The van der Waals surface area contributed by atoms with Gasteiger partial charge in [0, 0.05) is 21.9 Å². The predicted octanol–water partition coefficient (Wildman–Crippen LogP) is 4.31. The monoisotopic (exact) mass is 329 g/mol. The van der Waals surface area contributed by atoms with Crippen molar-refractivity contribution in [2.24, 2.45) is 0 Å². The molecule has 0 fully saturated rings. The van der Waals surface area contributed by atoms with Gasteiger partial charge in [-0.15, -0.1) is 0 Å². The molecule has 0 unspecified atom stereocenters. The Bertz CT molecular complexity index is 442. The summed E-state index contributed by atoms with van der Waals surface area (Å²) in [5.74, 6) is 1.19. The zero-order valence-electron chi connectivity index (χ0n) is 12.0. The van der Waals surface area contributed by atoms with Crippen LogP contribution in [0.1, 0.15) is 30.5 Å². The molecule has 0 saturated heterocycles. The number of alkyl halides is 1. The standard InChI is InChI=1S/C14H22BrO2Si/c1-9-7-11(16)10(2)13(17-18(5)6)12(9)14(3,4)8-15/h7,16H,8H2,1-6H3. The van der Waals surface area contributed by atoms with Gasteiger partial charge in [-0.1, -0.05) is 29.8 Å².